The van der Waals surface area contributed by atoms with Gasteiger partial charge in [0.05, 0.1) is 67.7 Å². The monoisotopic (exact) mass is 826 g/mol. The number of cyclic esters (lactones) is 2. The topological polar surface area (TPSA) is 163 Å². The van der Waals surface area contributed by atoms with Crippen LogP contribution in [0.2, 0.25) is 0 Å². The average molecular weight is 827 g/mol. The van der Waals surface area contributed by atoms with Crippen LogP contribution in [0.1, 0.15) is 57.4 Å². The molecule has 2 saturated heterocycles. The van der Waals surface area contributed by atoms with Crippen molar-refractivity contribution in [3.63, 3.8) is 0 Å². The first-order valence-electron chi connectivity index (χ1n) is 19.4. The molecule has 0 saturated carbocycles. The molecule has 0 aromatic heterocycles. The summed E-state index contributed by atoms with van der Waals surface area (Å²) in [6, 6.07) is 14.8. The Labute approximate surface area is 344 Å². The van der Waals surface area contributed by atoms with Gasteiger partial charge in [-0.15, -0.1) is 0 Å². The zero-order chi connectivity index (χ0) is 41.4. The van der Waals surface area contributed by atoms with Gasteiger partial charge in [0, 0.05) is 23.7 Å². The maximum absolute atomic E-state index is 13.9. The van der Waals surface area contributed by atoms with E-state index in [9.17, 15) is 9.59 Å². The molecule has 4 heterocycles. The Kier molecular flexibility index (Phi) is 9.35. The number of benzene rings is 4. The van der Waals surface area contributed by atoms with Crippen LogP contribution in [0.3, 0.4) is 0 Å². The molecule has 16 heteroatoms. The van der Waals surface area contributed by atoms with Gasteiger partial charge in [0.15, 0.2) is 46.0 Å². The van der Waals surface area contributed by atoms with E-state index in [2.05, 4.69) is 0 Å². The van der Waals surface area contributed by atoms with Crippen LogP contribution in [0, 0.1) is 23.7 Å². The highest BCUT2D eigenvalue weighted by Gasteiger charge is 2.57. The summed E-state index contributed by atoms with van der Waals surface area (Å²) in [5.74, 6) is 0.338. The Bertz CT molecular complexity index is 2180. The molecule has 0 amide bonds. The van der Waals surface area contributed by atoms with Crippen LogP contribution in [-0.4, -0.2) is 81.4 Å². The van der Waals surface area contributed by atoms with Gasteiger partial charge in [-0.2, -0.15) is 0 Å². The van der Waals surface area contributed by atoms with E-state index >= 15 is 0 Å². The number of hydrogen-bond acceptors (Lipinski definition) is 16. The third kappa shape index (κ3) is 5.71. The highest BCUT2D eigenvalue weighted by Crippen LogP contribution is 2.60. The molecule has 4 aliphatic heterocycles. The van der Waals surface area contributed by atoms with E-state index in [1.165, 1.54) is 14.2 Å². The molecular weight excluding hydrogens is 784 g/mol. The van der Waals surface area contributed by atoms with Gasteiger partial charge in [-0.3, -0.25) is 9.59 Å². The first-order chi connectivity index (χ1) is 29.3. The Hall–Kier alpha value is -6.26. The van der Waals surface area contributed by atoms with Crippen molar-refractivity contribution in [3.05, 3.63) is 81.9 Å². The molecule has 60 heavy (non-hydrogen) atoms. The van der Waals surface area contributed by atoms with Gasteiger partial charge in [-0.25, -0.2) is 9.78 Å². The SMILES string of the molecule is COc1cc([C@@H]2c3cc4c(cc3[C@H](OO[C@H]3c5cc6c(cc5[C@@H](c5cc(OC)c(OC)c(OC)c5)[C@H]5C(=O)OCC35)OCO6)C3COC(=O)[C@@H]32)OCO4)cc(OC)c1OC. The summed E-state index contributed by atoms with van der Waals surface area (Å²) in [6.07, 6.45) is -1.66. The third-order valence-electron chi connectivity index (χ3n) is 12.6. The summed E-state index contributed by atoms with van der Waals surface area (Å²) in [6.45, 7) is 0.179. The zero-order valence-corrected chi connectivity index (χ0v) is 33.6. The van der Waals surface area contributed by atoms with Crippen molar-refractivity contribution in [2.45, 2.75) is 24.0 Å². The highest BCUT2D eigenvalue weighted by atomic mass is 17.2. The smallest absolute Gasteiger partial charge is 0.310 e. The van der Waals surface area contributed by atoms with Crippen molar-refractivity contribution >= 4 is 11.9 Å². The van der Waals surface area contributed by atoms with E-state index in [-0.39, 0.29) is 26.8 Å². The van der Waals surface area contributed by atoms with Gasteiger partial charge in [0.2, 0.25) is 25.1 Å². The van der Waals surface area contributed by atoms with Gasteiger partial charge >= 0.3 is 11.9 Å². The van der Waals surface area contributed by atoms with Crippen molar-refractivity contribution in [2.75, 3.05) is 69.5 Å². The van der Waals surface area contributed by atoms with Crippen LogP contribution in [-0.2, 0) is 28.8 Å². The molecule has 16 nitrogen and oxygen atoms in total. The van der Waals surface area contributed by atoms with Crippen molar-refractivity contribution in [1.82, 2.24) is 0 Å². The highest BCUT2D eigenvalue weighted by molar-refractivity contribution is 5.80. The number of carbonyl (C=O) groups excluding carboxylic acids is 2. The minimum atomic E-state index is -0.828. The molecule has 2 unspecified atom stereocenters. The molecule has 10 rings (SSSR count). The zero-order valence-electron chi connectivity index (χ0n) is 33.6. The number of carbonyl (C=O) groups is 2. The van der Waals surface area contributed by atoms with E-state index in [4.69, 9.17) is 66.6 Å². The minimum absolute atomic E-state index is 0.0309. The summed E-state index contributed by atoms with van der Waals surface area (Å²) in [7, 11) is 9.23. The number of methoxy groups -OCH3 is 6. The van der Waals surface area contributed by atoms with E-state index in [1.807, 2.05) is 48.5 Å². The Morgan fingerprint density at radius 2 is 0.767 bits per heavy atom. The molecule has 8 atom stereocenters. The van der Waals surface area contributed by atoms with Crippen LogP contribution in [0.4, 0.5) is 0 Å². The van der Waals surface area contributed by atoms with Crippen molar-refractivity contribution < 1.29 is 76.2 Å². The Morgan fingerprint density at radius 1 is 0.433 bits per heavy atom. The lowest BCUT2D eigenvalue weighted by Gasteiger charge is -2.41. The van der Waals surface area contributed by atoms with Gasteiger partial charge < -0.3 is 56.8 Å². The maximum Gasteiger partial charge on any atom is 0.310 e. The van der Waals surface area contributed by atoms with Crippen molar-refractivity contribution in [2.24, 2.45) is 23.7 Å². The molecule has 6 aliphatic rings. The minimum Gasteiger partial charge on any atom is -0.493 e. The average Bonchev–Trinajstić information content (AvgIpc) is 4.10. The summed E-state index contributed by atoms with van der Waals surface area (Å²) < 4.78 is 69.2. The fraction of sp³-hybridized carbons (Fsp3) is 0.409. The van der Waals surface area contributed by atoms with Crippen LogP contribution >= 0.6 is 0 Å². The number of hydrogen-bond donors (Lipinski definition) is 0. The van der Waals surface area contributed by atoms with E-state index in [1.54, 1.807) is 28.4 Å². The van der Waals surface area contributed by atoms with Gasteiger partial charge in [-0.05, 0) is 81.9 Å². The van der Waals surface area contributed by atoms with Crippen molar-refractivity contribution in [3.8, 4) is 57.5 Å². The maximum atomic E-state index is 13.9. The summed E-state index contributed by atoms with van der Waals surface area (Å²) in [5.41, 5.74) is 4.38. The molecule has 0 N–H and O–H groups in total. The van der Waals surface area contributed by atoms with Crippen LogP contribution in [0.15, 0.2) is 48.5 Å². The van der Waals surface area contributed by atoms with E-state index in [0.29, 0.717) is 68.6 Å². The normalized spacial score (nSPS) is 26.2. The standard InChI is InChI=1S/C44H42O16/c1-47-31-7-19(8-32(48-2)41(31)51-5)35-21-11-27-29(57-17-55-27)13-23(21)39(25-15-53-43(45)37(25)35)59-60-40-24-14-30-28(56-18-58-30)12-22(24)36(38-26(40)16-54-44(38)46)20-9-33(49-3)42(52-6)34(10-20)50-4/h7-14,25-26,35-40H,15-18H2,1-6H3/t25?,26?,35-,36-,37+,38+,39+,40+/m1/s1. The number of rotatable bonds is 11. The molecule has 4 aromatic rings. The quantitative estimate of drug-likeness (QED) is 0.101. The van der Waals surface area contributed by atoms with E-state index < -0.39 is 59.7 Å². The van der Waals surface area contributed by atoms with E-state index in [0.717, 1.165) is 22.3 Å². The largest absolute Gasteiger partial charge is 0.493 e. The number of esters is 2. The third-order valence-corrected chi connectivity index (χ3v) is 12.6. The van der Waals surface area contributed by atoms with Gasteiger partial charge in [0.25, 0.3) is 0 Å². The molecule has 314 valence electrons. The predicted octanol–water partition coefficient (Wildman–Crippen LogP) is 5.80. The summed E-state index contributed by atoms with van der Waals surface area (Å²) in [5, 5.41) is 0. The lowest BCUT2D eigenvalue weighted by atomic mass is 9.66. The fourth-order valence-electron chi connectivity index (χ4n) is 9.95. The molecule has 0 bridgehead atoms. The molecule has 0 spiro atoms. The first kappa shape index (κ1) is 38.0. The van der Waals surface area contributed by atoms with Crippen LogP contribution in [0.5, 0.6) is 57.5 Å². The Balaban J connectivity index is 1.08. The molecule has 4 aromatic carbocycles. The lowest BCUT2D eigenvalue weighted by Crippen LogP contribution is -2.38. The number of ether oxygens (including phenoxy) is 12. The fourth-order valence-corrected chi connectivity index (χ4v) is 9.95. The molecule has 2 fully saturated rings. The summed E-state index contributed by atoms with van der Waals surface area (Å²) >= 11 is 0. The molecule has 0 radical (unpaired) electrons. The molecule has 2 aliphatic carbocycles. The first-order valence-corrected chi connectivity index (χ1v) is 19.4. The van der Waals surface area contributed by atoms with Gasteiger partial charge in [0.1, 0.15) is 12.2 Å². The van der Waals surface area contributed by atoms with Crippen LogP contribution < -0.4 is 47.4 Å². The Morgan fingerprint density at radius 3 is 1.08 bits per heavy atom. The van der Waals surface area contributed by atoms with Crippen LogP contribution in [0.25, 0.3) is 0 Å². The second-order valence-corrected chi connectivity index (χ2v) is 15.2. The number of fused-ring (bicyclic) bond motifs is 6. The predicted molar refractivity (Wildman–Crippen MR) is 205 cm³/mol. The lowest BCUT2D eigenvalue weighted by molar-refractivity contribution is -0.378. The summed E-state index contributed by atoms with van der Waals surface area (Å²) in [4.78, 5) is 41.1. The van der Waals surface area contributed by atoms with Gasteiger partial charge in [-0.1, -0.05) is 0 Å². The second kappa shape index (κ2) is 14.8. The second-order valence-electron chi connectivity index (χ2n) is 15.2. The molecular formula is C44H42O16. The van der Waals surface area contributed by atoms with Crippen molar-refractivity contribution in [1.29, 1.82) is 0 Å².